The van der Waals surface area contributed by atoms with Crippen LogP contribution in [-0.4, -0.2) is 15.0 Å². The van der Waals surface area contributed by atoms with E-state index >= 15 is 0 Å². The van der Waals surface area contributed by atoms with Gasteiger partial charge in [-0.3, -0.25) is 15.0 Å². The van der Waals surface area contributed by atoms with E-state index in [9.17, 15) is 0 Å². The van der Waals surface area contributed by atoms with Crippen molar-refractivity contribution in [2.45, 2.75) is 25.7 Å². The molecule has 250 valence electrons. The van der Waals surface area contributed by atoms with Crippen LogP contribution >= 0.6 is 0 Å². The van der Waals surface area contributed by atoms with E-state index in [1.165, 1.54) is 38.9 Å². The van der Waals surface area contributed by atoms with Gasteiger partial charge in [-0.05, 0) is 82.8 Å². The molecule has 8 aromatic rings. The Kier molecular flexibility index (Phi) is 9.83. The molecule has 8 rings (SSSR count). The summed E-state index contributed by atoms with van der Waals surface area (Å²) in [4.78, 5) is 14.4. The van der Waals surface area contributed by atoms with Gasteiger partial charge in [-0.25, -0.2) is 0 Å². The summed E-state index contributed by atoms with van der Waals surface area (Å²) < 4.78 is 0. The molecule has 0 radical (unpaired) electrons. The van der Waals surface area contributed by atoms with Crippen LogP contribution in [0, 0.1) is 0 Å². The van der Waals surface area contributed by atoms with E-state index < -0.39 is 0 Å². The summed E-state index contributed by atoms with van der Waals surface area (Å²) in [5, 5.41) is 0. The number of rotatable bonds is 11. The van der Waals surface area contributed by atoms with Gasteiger partial charge in [0.2, 0.25) is 0 Å². The maximum atomic E-state index is 4.86. The molecule has 0 unspecified atom stereocenters. The summed E-state index contributed by atoms with van der Waals surface area (Å²) in [5.74, 6) is 0. The number of hydrogen-bond acceptors (Lipinski definition) is 3. The summed E-state index contributed by atoms with van der Waals surface area (Å²) in [6.07, 6.45) is 9.75. The zero-order valence-corrected chi connectivity index (χ0v) is 29.1. The first-order chi connectivity index (χ1) is 25.7. The Morgan fingerprint density at radius 1 is 0.269 bits per heavy atom. The van der Waals surface area contributed by atoms with Crippen LogP contribution in [0.15, 0.2) is 188 Å². The summed E-state index contributed by atoms with van der Waals surface area (Å²) in [7, 11) is 0. The lowest BCUT2D eigenvalue weighted by molar-refractivity contribution is 0.923. The first-order valence-electron chi connectivity index (χ1n) is 18.0. The highest BCUT2D eigenvalue weighted by Crippen LogP contribution is 2.34. The van der Waals surface area contributed by atoms with Crippen molar-refractivity contribution >= 4 is 0 Å². The lowest BCUT2D eigenvalue weighted by atomic mass is 9.90. The fraction of sp³-hybridized carbons (Fsp3) is 0.0816. The zero-order valence-electron chi connectivity index (χ0n) is 29.1. The minimum absolute atomic E-state index is 0.919. The predicted octanol–water partition coefficient (Wildman–Crippen LogP) is 11.8. The molecule has 3 aromatic heterocycles. The van der Waals surface area contributed by atoms with Crippen LogP contribution in [0.1, 0.15) is 22.3 Å². The van der Waals surface area contributed by atoms with Crippen molar-refractivity contribution in [2.24, 2.45) is 0 Å². The highest BCUT2D eigenvalue weighted by atomic mass is 14.7. The third-order valence-corrected chi connectivity index (χ3v) is 9.63. The molecular weight excluding hydrogens is 631 g/mol. The molecular formula is C49H39N3. The number of aromatic nitrogens is 3. The minimum atomic E-state index is 0.919. The van der Waals surface area contributed by atoms with E-state index in [0.29, 0.717) is 0 Å². The highest BCUT2D eigenvalue weighted by Gasteiger charge is 2.12. The third-order valence-electron chi connectivity index (χ3n) is 9.63. The fourth-order valence-corrected chi connectivity index (χ4v) is 6.81. The lowest BCUT2D eigenvalue weighted by Gasteiger charge is -2.15. The summed E-state index contributed by atoms with van der Waals surface area (Å²) in [6, 6.07) is 59.9. The molecule has 0 saturated heterocycles. The van der Waals surface area contributed by atoms with Gasteiger partial charge in [-0.15, -0.1) is 0 Å². The van der Waals surface area contributed by atoms with Gasteiger partial charge < -0.3 is 0 Å². The Hall–Kier alpha value is -6.45. The van der Waals surface area contributed by atoms with Gasteiger partial charge >= 0.3 is 0 Å². The molecule has 0 aliphatic heterocycles. The SMILES string of the molecule is c1ccc(-c2ccc(CCc3cc(CCc4ccc(-c5ccccc5)nc4)cc(-c4ccccc4-c4ccc(-c5ccccc5)nc4)c3)cn2)cc1. The highest BCUT2D eigenvalue weighted by molar-refractivity contribution is 5.84. The van der Waals surface area contributed by atoms with Crippen molar-refractivity contribution < 1.29 is 0 Å². The number of aryl methyl sites for hydroxylation is 4. The largest absolute Gasteiger partial charge is 0.256 e. The second-order valence-electron chi connectivity index (χ2n) is 13.2. The average Bonchev–Trinajstić information content (AvgIpc) is 3.23. The Morgan fingerprint density at radius 2 is 0.654 bits per heavy atom. The minimum Gasteiger partial charge on any atom is -0.256 e. The van der Waals surface area contributed by atoms with Crippen molar-refractivity contribution in [3.63, 3.8) is 0 Å². The second-order valence-corrected chi connectivity index (χ2v) is 13.2. The van der Waals surface area contributed by atoms with Crippen LogP contribution in [-0.2, 0) is 25.7 Å². The van der Waals surface area contributed by atoms with Crippen molar-refractivity contribution in [3.05, 3.63) is 211 Å². The number of benzene rings is 5. The molecule has 3 heterocycles. The van der Waals surface area contributed by atoms with Crippen LogP contribution in [0.25, 0.3) is 56.0 Å². The maximum Gasteiger partial charge on any atom is 0.0702 e. The molecule has 0 bridgehead atoms. The van der Waals surface area contributed by atoms with E-state index in [4.69, 9.17) is 15.0 Å². The molecule has 0 N–H and O–H groups in total. The second kappa shape index (κ2) is 15.6. The fourth-order valence-electron chi connectivity index (χ4n) is 6.81. The van der Waals surface area contributed by atoms with Gasteiger partial charge in [0.1, 0.15) is 0 Å². The monoisotopic (exact) mass is 669 g/mol. The molecule has 52 heavy (non-hydrogen) atoms. The number of nitrogens with zero attached hydrogens (tertiary/aromatic N) is 3. The quantitative estimate of drug-likeness (QED) is 0.138. The van der Waals surface area contributed by atoms with Gasteiger partial charge in [0, 0.05) is 40.8 Å². The van der Waals surface area contributed by atoms with Crippen molar-refractivity contribution in [1.29, 1.82) is 0 Å². The van der Waals surface area contributed by atoms with Gasteiger partial charge in [-0.2, -0.15) is 0 Å². The van der Waals surface area contributed by atoms with Gasteiger partial charge in [-0.1, -0.05) is 152 Å². The number of hydrogen-bond donors (Lipinski definition) is 0. The molecule has 3 nitrogen and oxygen atoms in total. The van der Waals surface area contributed by atoms with E-state index in [1.807, 2.05) is 36.8 Å². The molecule has 0 fully saturated rings. The molecule has 5 aromatic carbocycles. The topological polar surface area (TPSA) is 38.7 Å². The molecule has 0 aliphatic carbocycles. The standard InChI is InChI=1S/C49H39N3/c1-4-12-40(13-5-1)47-27-24-36(33-50-47)20-22-38-30-39(23-21-37-25-28-48(51-34-37)41-14-6-2-7-15-41)32-44(31-38)46-19-11-10-18-45(46)43-26-29-49(52-35-43)42-16-8-3-9-17-42/h1-19,24-35H,20-23H2. The van der Waals surface area contributed by atoms with Crippen LogP contribution in [0.2, 0.25) is 0 Å². The lowest BCUT2D eigenvalue weighted by Crippen LogP contribution is -1.98. The molecule has 3 heteroatoms. The van der Waals surface area contributed by atoms with E-state index in [2.05, 4.69) is 152 Å². The van der Waals surface area contributed by atoms with E-state index in [-0.39, 0.29) is 0 Å². The predicted molar refractivity (Wildman–Crippen MR) is 215 cm³/mol. The molecule has 0 spiro atoms. The molecule has 0 saturated carbocycles. The zero-order chi connectivity index (χ0) is 35.0. The van der Waals surface area contributed by atoms with Gasteiger partial charge in [0.05, 0.1) is 17.1 Å². The van der Waals surface area contributed by atoms with Crippen molar-refractivity contribution in [1.82, 2.24) is 15.0 Å². The van der Waals surface area contributed by atoms with E-state index in [1.54, 1.807) is 0 Å². The van der Waals surface area contributed by atoms with Crippen molar-refractivity contribution in [3.8, 4) is 56.0 Å². The number of pyridine rings is 3. The average molecular weight is 670 g/mol. The van der Waals surface area contributed by atoms with Gasteiger partial charge in [0.25, 0.3) is 0 Å². The summed E-state index contributed by atoms with van der Waals surface area (Å²) >= 11 is 0. The summed E-state index contributed by atoms with van der Waals surface area (Å²) in [5.41, 5.74) is 16.2. The Balaban J connectivity index is 1.07. The van der Waals surface area contributed by atoms with E-state index in [0.717, 1.165) is 65.0 Å². The molecule has 0 atom stereocenters. The third kappa shape index (κ3) is 7.80. The van der Waals surface area contributed by atoms with Crippen LogP contribution in [0.5, 0.6) is 0 Å². The maximum absolute atomic E-state index is 4.86. The first kappa shape index (κ1) is 32.7. The van der Waals surface area contributed by atoms with Crippen LogP contribution < -0.4 is 0 Å². The van der Waals surface area contributed by atoms with Crippen LogP contribution in [0.3, 0.4) is 0 Å². The van der Waals surface area contributed by atoms with Crippen molar-refractivity contribution in [2.75, 3.05) is 0 Å². The summed E-state index contributed by atoms with van der Waals surface area (Å²) in [6.45, 7) is 0. The molecule has 0 amide bonds. The Labute approximate surface area is 306 Å². The Bertz CT molecular complexity index is 2250. The first-order valence-corrected chi connectivity index (χ1v) is 18.0. The smallest absolute Gasteiger partial charge is 0.0702 e. The van der Waals surface area contributed by atoms with Gasteiger partial charge in [0.15, 0.2) is 0 Å². The van der Waals surface area contributed by atoms with Crippen LogP contribution in [0.4, 0.5) is 0 Å². The normalized spacial score (nSPS) is 11.0. The molecule has 0 aliphatic rings. The Morgan fingerprint density at radius 3 is 1.06 bits per heavy atom.